The van der Waals surface area contributed by atoms with E-state index >= 15 is 0 Å². The number of esters is 1. The van der Waals surface area contributed by atoms with Gasteiger partial charge >= 0.3 is 5.97 Å². The quantitative estimate of drug-likeness (QED) is 0.372. The van der Waals surface area contributed by atoms with E-state index in [1.807, 2.05) is 30.3 Å². The minimum absolute atomic E-state index is 0.116. The first-order valence-electron chi connectivity index (χ1n) is 11.0. The van der Waals surface area contributed by atoms with Crippen molar-refractivity contribution in [1.29, 1.82) is 0 Å². The number of nitrogens with one attached hydrogen (secondary N) is 1. The van der Waals surface area contributed by atoms with Gasteiger partial charge in [0.2, 0.25) is 0 Å². The molecule has 1 N–H and O–H groups in total. The second-order valence-corrected chi connectivity index (χ2v) is 8.69. The molecule has 2 amide bonds. The monoisotopic (exact) mass is 501 g/mol. The summed E-state index contributed by atoms with van der Waals surface area (Å²) in [5, 5.41) is 3.29. The number of rotatable bonds is 7. The molecule has 0 spiro atoms. The van der Waals surface area contributed by atoms with Crippen molar-refractivity contribution in [3.8, 4) is 5.75 Å². The average Bonchev–Trinajstić information content (AvgIpc) is 3.16. The van der Waals surface area contributed by atoms with E-state index in [0.717, 1.165) is 5.56 Å². The van der Waals surface area contributed by atoms with Crippen molar-refractivity contribution in [2.24, 2.45) is 4.99 Å². The Balaban J connectivity index is 1.37. The van der Waals surface area contributed by atoms with E-state index in [1.165, 1.54) is 23.8 Å². The van der Waals surface area contributed by atoms with Crippen molar-refractivity contribution in [3.63, 3.8) is 0 Å². The maximum absolute atomic E-state index is 12.7. The molecule has 0 bridgehead atoms. The van der Waals surface area contributed by atoms with E-state index < -0.39 is 5.97 Å². The molecule has 0 radical (unpaired) electrons. The number of methoxy groups -OCH3 is 1. The Kier molecular flexibility index (Phi) is 7.82. The molecule has 0 unspecified atom stereocenters. The van der Waals surface area contributed by atoms with Crippen molar-refractivity contribution >= 4 is 52.2 Å². The van der Waals surface area contributed by atoms with Crippen LogP contribution < -0.4 is 10.1 Å². The largest absolute Gasteiger partial charge is 0.484 e. The lowest BCUT2D eigenvalue weighted by Gasteiger charge is -2.08. The highest BCUT2D eigenvalue weighted by molar-refractivity contribution is 8.18. The van der Waals surface area contributed by atoms with Gasteiger partial charge in [-0.3, -0.25) is 14.5 Å². The topological polar surface area (TPSA) is 97.3 Å². The molecule has 182 valence electrons. The lowest BCUT2D eigenvalue weighted by Crippen LogP contribution is -2.23. The molecule has 1 aliphatic heterocycles. The highest BCUT2D eigenvalue weighted by Gasteiger charge is 2.30. The third-order valence-electron chi connectivity index (χ3n) is 5.12. The van der Waals surface area contributed by atoms with Gasteiger partial charge in [-0.15, -0.1) is 0 Å². The molecule has 36 heavy (non-hydrogen) atoms. The molecule has 4 rings (SSSR count). The number of aliphatic imine (C=N–C) groups is 1. The van der Waals surface area contributed by atoms with Crippen LogP contribution in [0, 0.1) is 0 Å². The number of carbonyl (C=O) groups excluding carboxylic acids is 3. The molecule has 3 aromatic carbocycles. The Hall–Kier alpha value is -4.37. The fourth-order valence-electron chi connectivity index (χ4n) is 3.23. The second-order valence-electron chi connectivity index (χ2n) is 7.68. The molecule has 0 atom stereocenters. The van der Waals surface area contributed by atoms with Crippen LogP contribution in [0.15, 0.2) is 88.8 Å². The van der Waals surface area contributed by atoms with Gasteiger partial charge < -0.3 is 14.8 Å². The zero-order valence-corrected chi connectivity index (χ0v) is 20.5. The average molecular weight is 502 g/mol. The Labute approximate surface area is 212 Å². The molecule has 0 saturated carbocycles. The Morgan fingerprint density at radius 1 is 1.00 bits per heavy atom. The van der Waals surface area contributed by atoms with Gasteiger partial charge in [0.05, 0.1) is 23.3 Å². The van der Waals surface area contributed by atoms with Gasteiger partial charge in [-0.25, -0.2) is 9.79 Å². The minimum atomic E-state index is -0.422. The van der Waals surface area contributed by atoms with E-state index in [-0.39, 0.29) is 18.4 Å². The first kappa shape index (κ1) is 24.7. The van der Waals surface area contributed by atoms with Crippen LogP contribution in [0.4, 0.5) is 11.4 Å². The first-order valence-corrected chi connectivity index (χ1v) is 11.8. The number of nitrogens with zero attached hydrogens (tertiary/aromatic N) is 2. The number of benzene rings is 3. The van der Waals surface area contributed by atoms with Crippen LogP contribution in [0.5, 0.6) is 5.75 Å². The number of para-hydroxylation sites is 1. The van der Waals surface area contributed by atoms with Crippen LogP contribution >= 0.6 is 11.8 Å². The predicted octanol–water partition coefficient (Wildman–Crippen LogP) is 4.72. The predicted molar refractivity (Wildman–Crippen MR) is 140 cm³/mol. The zero-order chi connectivity index (χ0) is 25.5. The van der Waals surface area contributed by atoms with E-state index in [9.17, 15) is 14.4 Å². The van der Waals surface area contributed by atoms with Crippen LogP contribution in [0.1, 0.15) is 15.9 Å². The number of amides is 2. The molecular formula is C27H23N3O5S. The van der Waals surface area contributed by atoms with Gasteiger partial charge in [-0.05, 0) is 71.9 Å². The van der Waals surface area contributed by atoms with Gasteiger partial charge in [-0.1, -0.05) is 30.3 Å². The summed E-state index contributed by atoms with van der Waals surface area (Å²) < 4.78 is 10.3. The highest BCUT2D eigenvalue weighted by Crippen LogP contribution is 2.33. The van der Waals surface area contributed by atoms with Crippen molar-refractivity contribution in [3.05, 3.63) is 94.9 Å². The lowest BCUT2D eigenvalue weighted by molar-refractivity contribution is -0.121. The zero-order valence-electron chi connectivity index (χ0n) is 19.6. The summed E-state index contributed by atoms with van der Waals surface area (Å²) in [6, 6.07) is 22.9. The maximum atomic E-state index is 12.7. The molecule has 1 fully saturated rings. The molecule has 8 nitrogen and oxygen atoms in total. The summed E-state index contributed by atoms with van der Waals surface area (Å²) >= 11 is 1.26. The standard InChI is InChI=1S/C27H23N3O5S/c1-30-25(32)23(36-27(30)29-21-12-10-19(11-13-21)26(33)34-2)16-18-8-14-22(15-9-18)35-17-24(31)28-20-6-4-3-5-7-20/h3-16H,17H2,1-2H3,(H,28,31). The van der Waals surface area contributed by atoms with Gasteiger partial charge in [0.15, 0.2) is 11.8 Å². The van der Waals surface area contributed by atoms with Crippen molar-refractivity contribution in [2.45, 2.75) is 0 Å². The van der Waals surface area contributed by atoms with E-state index in [4.69, 9.17) is 9.47 Å². The summed E-state index contributed by atoms with van der Waals surface area (Å²) in [5.74, 6) is -0.299. The van der Waals surface area contributed by atoms with E-state index in [0.29, 0.717) is 32.8 Å². The Morgan fingerprint density at radius 3 is 2.36 bits per heavy atom. The van der Waals surface area contributed by atoms with E-state index in [1.54, 1.807) is 61.7 Å². The number of thioether (sulfide) groups is 1. The summed E-state index contributed by atoms with van der Waals surface area (Å²) in [4.78, 5) is 42.9. The van der Waals surface area contributed by atoms with Gasteiger partial charge in [0.1, 0.15) is 5.75 Å². The fraction of sp³-hybridized carbons (Fsp3) is 0.111. The number of ether oxygens (including phenoxy) is 2. The van der Waals surface area contributed by atoms with Crippen molar-refractivity contribution in [1.82, 2.24) is 4.90 Å². The van der Waals surface area contributed by atoms with Gasteiger partial charge in [0, 0.05) is 12.7 Å². The molecule has 1 saturated heterocycles. The highest BCUT2D eigenvalue weighted by atomic mass is 32.2. The van der Waals surface area contributed by atoms with Crippen LogP contribution in [-0.4, -0.2) is 48.6 Å². The van der Waals surface area contributed by atoms with Crippen LogP contribution in [-0.2, 0) is 14.3 Å². The maximum Gasteiger partial charge on any atom is 0.337 e. The Bertz CT molecular complexity index is 1320. The van der Waals surface area contributed by atoms with Crippen molar-refractivity contribution in [2.75, 3.05) is 26.1 Å². The molecule has 1 heterocycles. The number of hydrogen-bond donors (Lipinski definition) is 1. The summed E-state index contributed by atoms with van der Waals surface area (Å²) in [6.45, 7) is -0.116. The Morgan fingerprint density at radius 2 is 1.69 bits per heavy atom. The summed E-state index contributed by atoms with van der Waals surface area (Å²) in [6.07, 6.45) is 1.78. The second kappa shape index (κ2) is 11.4. The fourth-order valence-corrected chi connectivity index (χ4v) is 4.22. The minimum Gasteiger partial charge on any atom is -0.484 e. The number of anilines is 1. The third-order valence-corrected chi connectivity index (χ3v) is 6.18. The first-order chi connectivity index (χ1) is 17.4. The van der Waals surface area contributed by atoms with Crippen LogP contribution in [0.3, 0.4) is 0 Å². The van der Waals surface area contributed by atoms with E-state index in [2.05, 4.69) is 10.3 Å². The summed E-state index contributed by atoms with van der Waals surface area (Å²) in [7, 11) is 2.99. The molecule has 0 aromatic heterocycles. The molecule has 1 aliphatic rings. The van der Waals surface area contributed by atoms with Gasteiger partial charge in [-0.2, -0.15) is 0 Å². The smallest absolute Gasteiger partial charge is 0.337 e. The summed E-state index contributed by atoms with van der Waals surface area (Å²) in [5.41, 5.74) is 2.56. The van der Waals surface area contributed by atoms with Crippen LogP contribution in [0.2, 0.25) is 0 Å². The molecule has 9 heteroatoms. The normalized spacial score (nSPS) is 15.3. The van der Waals surface area contributed by atoms with Crippen molar-refractivity contribution < 1.29 is 23.9 Å². The SMILES string of the molecule is COC(=O)c1ccc(N=C2SC(=Cc3ccc(OCC(=O)Nc4ccccc4)cc3)C(=O)N2C)cc1. The van der Waals surface area contributed by atoms with Crippen LogP contribution in [0.25, 0.3) is 6.08 Å². The van der Waals surface area contributed by atoms with Gasteiger partial charge in [0.25, 0.3) is 11.8 Å². The molecule has 0 aliphatic carbocycles. The number of likely N-dealkylation sites (N-methyl/N-ethyl adjacent to an activating group) is 1. The molecule has 3 aromatic rings. The molecular weight excluding hydrogens is 478 g/mol. The number of carbonyl (C=O) groups is 3. The number of amidine groups is 1. The third kappa shape index (κ3) is 6.19. The lowest BCUT2D eigenvalue weighted by atomic mass is 10.2. The number of hydrogen-bond acceptors (Lipinski definition) is 7.